The van der Waals surface area contributed by atoms with E-state index in [0.717, 1.165) is 34.0 Å². The average molecular weight is 804 g/mol. The van der Waals surface area contributed by atoms with Crippen molar-refractivity contribution in [3.8, 4) is 44.8 Å². The van der Waals surface area contributed by atoms with Crippen molar-refractivity contribution in [2.45, 2.75) is 0 Å². The molecule has 0 aliphatic rings. The fraction of sp³-hybridized carbons (Fsp3) is 0. The molecule has 3 nitrogen and oxygen atoms in total. The number of fused-ring (bicyclic) bond motifs is 6. The molecule has 12 rings (SSSR count). The SMILES string of the molecule is c1ccc(-c2cccc(N(c3ccc(-n4c5ccccc5c5ccc(-c6ccccc6)cc54)cc3)c3ccc4c5c(-c6ccccc6)cccc5n(-c5ccccc5)c4c3)c2)cc1. The zero-order chi connectivity index (χ0) is 41.7. The van der Waals surface area contributed by atoms with Crippen molar-refractivity contribution in [3.05, 3.63) is 249 Å². The van der Waals surface area contributed by atoms with Crippen molar-refractivity contribution < 1.29 is 0 Å². The van der Waals surface area contributed by atoms with Crippen molar-refractivity contribution in [3.63, 3.8) is 0 Å². The largest absolute Gasteiger partial charge is 0.310 e. The van der Waals surface area contributed by atoms with Gasteiger partial charge in [0.1, 0.15) is 0 Å². The Labute approximate surface area is 366 Å². The molecule has 3 heteroatoms. The normalized spacial score (nSPS) is 11.5. The van der Waals surface area contributed by atoms with E-state index in [1.165, 1.54) is 71.5 Å². The monoisotopic (exact) mass is 803 g/mol. The predicted octanol–water partition coefficient (Wildman–Crippen LogP) is 16.4. The summed E-state index contributed by atoms with van der Waals surface area (Å²) < 4.78 is 4.84. The van der Waals surface area contributed by atoms with E-state index in [9.17, 15) is 0 Å². The van der Waals surface area contributed by atoms with Gasteiger partial charge in [0.15, 0.2) is 0 Å². The smallest absolute Gasteiger partial charge is 0.0562 e. The third-order valence-corrected chi connectivity index (χ3v) is 12.5. The number of benzene rings is 10. The van der Waals surface area contributed by atoms with Crippen molar-refractivity contribution in [1.82, 2.24) is 9.13 Å². The molecule has 2 heterocycles. The molecule has 0 fully saturated rings. The first kappa shape index (κ1) is 36.5. The van der Waals surface area contributed by atoms with Crippen LogP contribution < -0.4 is 4.90 Å². The lowest BCUT2D eigenvalue weighted by atomic mass is 9.99. The van der Waals surface area contributed by atoms with E-state index in [1.54, 1.807) is 0 Å². The van der Waals surface area contributed by atoms with Gasteiger partial charge in [0, 0.05) is 50.0 Å². The molecular formula is C60H41N3. The molecule has 0 saturated carbocycles. The first-order valence-electron chi connectivity index (χ1n) is 21.6. The third-order valence-electron chi connectivity index (χ3n) is 12.5. The van der Waals surface area contributed by atoms with Crippen LogP contribution in [0.4, 0.5) is 17.1 Å². The highest BCUT2D eigenvalue weighted by molar-refractivity contribution is 6.16. The van der Waals surface area contributed by atoms with E-state index >= 15 is 0 Å². The van der Waals surface area contributed by atoms with Crippen LogP contribution in [-0.2, 0) is 0 Å². The molecule has 2 aromatic heterocycles. The molecular weight excluding hydrogens is 763 g/mol. The Kier molecular flexibility index (Phi) is 8.83. The minimum Gasteiger partial charge on any atom is -0.310 e. The number of para-hydroxylation sites is 2. The third kappa shape index (κ3) is 6.29. The lowest BCUT2D eigenvalue weighted by molar-refractivity contribution is 1.17. The molecule has 0 unspecified atom stereocenters. The summed E-state index contributed by atoms with van der Waals surface area (Å²) >= 11 is 0. The van der Waals surface area contributed by atoms with Crippen LogP contribution in [0.5, 0.6) is 0 Å². The predicted molar refractivity (Wildman–Crippen MR) is 266 cm³/mol. The fourth-order valence-electron chi connectivity index (χ4n) is 9.62. The molecule has 0 aliphatic carbocycles. The van der Waals surface area contributed by atoms with E-state index in [4.69, 9.17) is 0 Å². The Morgan fingerprint density at radius 2 is 0.746 bits per heavy atom. The van der Waals surface area contributed by atoms with Crippen molar-refractivity contribution in [2.75, 3.05) is 4.90 Å². The first-order valence-corrected chi connectivity index (χ1v) is 21.6. The van der Waals surface area contributed by atoms with Crippen LogP contribution in [0.25, 0.3) is 88.4 Å². The van der Waals surface area contributed by atoms with Crippen LogP contribution in [0, 0.1) is 0 Å². The number of hydrogen-bond donors (Lipinski definition) is 0. The highest BCUT2D eigenvalue weighted by Gasteiger charge is 2.21. The van der Waals surface area contributed by atoms with E-state index in [2.05, 4.69) is 263 Å². The van der Waals surface area contributed by atoms with E-state index in [1.807, 2.05) is 0 Å². The molecule has 10 aromatic carbocycles. The lowest BCUT2D eigenvalue weighted by Crippen LogP contribution is -2.10. The number of anilines is 3. The molecule has 0 N–H and O–H groups in total. The maximum atomic E-state index is 2.42. The average Bonchev–Trinajstić information content (AvgIpc) is 3.88. The standard InChI is InChI=1S/C60H41N3/c1-5-17-42(18-6-1)45-23-15-26-50(39-45)61(48-32-34-49(35-33-48)62-56-29-14-13-27-53(56)54-37-31-46(40-58(54)62)43-19-7-2-8-20-43)51-36-38-55-59(41-51)63(47-24-11-4-12-25-47)57-30-16-28-52(60(55)57)44-21-9-3-10-22-44/h1-41H. The summed E-state index contributed by atoms with van der Waals surface area (Å²) in [6, 6.07) is 90.1. The molecule has 0 bridgehead atoms. The summed E-state index contributed by atoms with van der Waals surface area (Å²) in [7, 11) is 0. The molecule has 0 amide bonds. The summed E-state index contributed by atoms with van der Waals surface area (Å²) in [4.78, 5) is 2.40. The number of rotatable bonds is 8. The second-order valence-electron chi connectivity index (χ2n) is 16.2. The summed E-state index contributed by atoms with van der Waals surface area (Å²) in [6.07, 6.45) is 0. The zero-order valence-corrected chi connectivity index (χ0v) is 34.5. The van der Waals surface area contributed by atoms with Gasteiger partial charge in [-0.15, -0.1) is 0 Å². The van der Waals surface area contributed by atoms with Crippen molar-refractivity contribution in [2.24, 2.45) is 0 Å². The molecule has 0 atom stereocenters. The Morgan fingerprint density at radius 1 is 0.254 bits per heavy atom. The molecule has 0 radical (unpaired) electrons. The molecule has 63 heavy (non-hydrogen) atoms. The van der Waals surface area contributed by atoms with Crippen molar-refractivity contribution in [1.29, 1.82) is 0 Å². The van der Waals surface area contributed by atoms with Gasteiger partial charge >= 0.3 is 0 Å². The van der Waals surface area contributed by atoms with Gasteiger partial charge in [-0.2, -0.15) is 0 Å². The maximum Gasteiger partial charge on any atom is 0.0562 e. The van der Waals surface area contributed by atoms with E-state index in [0.29, 0.717) is 0 Å². The molecule has 12 aromatic rings. The number of aromatic nitrogens is 2. The zero-order valence-electron chi connectivity index (χ0n) is 34.5. The van der Waals surface area contributed by atoms with Gasteiger partial charge in [-0.05, 0) is 112 Å². The highest BCUT2D eigenvalue weighted by atomic mass is 15.1. The van der Waals surface area contributed by atoms with Gasteiger partial charge < -0.3 is 14.0 Å². The Bertz CT molecular complexity index is 3590. The van der Waals surface area contributed by atoms with Crippen LogP contribution in [0.1, 0.15) is 0 Å². The van der Waals surface area contributed by atoms with Gasteiger partial charge in [-0.3, -0.25) is 0 Å². The minimum absolute atomic E-state index is 1.07. The second-order valence-corrected chi connectivity index (χ2v) is 16.2. The molecule has 0 saturated heterocycles. The number of hydrogen-bond acceptors (Lipinski definition) is 1. The Morgan fingerprint density at radius 3 is 1.48 bits per heavy atom. The highest BCUT2D eigenvalue weighted by Crippen LogP contribution is 2.44. The minimum atomic E-state index is 1.07. The maximum absolute atomic E-state index is 2.42. The van der Waals surface area contributed by atoms with Crippen LogP contribution in [0.15, 0.2) is 249 Å². The van der Waals surface area contributed by atoms with Gasteiger partial charge in [0.05, 0.1) is 22.1 Å². The first-order chi connectivity index (χ1) is 31.3. The Hall–Kier alpha value is -8.40. The van der Waals surface area contributed by atoms with Crippen LogP contribution >= 0.6 is 0 Å². The van der Waals surface area contributed by atoms with Gasteiger partial charge in [0.2, 0.25) is 0 Å². The van der Waals surface area contributed by atoms with Crippen molar-refractivity contribution >= 4 is 60.7 Å². The topological polar surface area (TPSA) is 13.1 Å². The quantitative estimate of drug-likeness (QED) is 0.149. The second kappa shape index (κ2) is 15.3. The summed E-state index contributed by atoms with van der Waals surface area (Å²) in [6.45, 7) is 0. The van der Waals surface area contributed by atoms with Gasteiger partial charge in [0.25, 0.3) is 0 Å². The van der Waals surface area contributed by atoms with Crippen LogP contribution in [0.2, 0.25) is 0 Å². The fourth-order valence-corrected chi connectivity index (χ4v) is 9.62. The summed E-state index contributed by atoms with van der Waals surface area (Å²) in [5, 5.41) is 4.95. The number of nitrogens with zero attached hydrogens (tertiary/aromatic N) is 3. The lowest BCUT2D eigenvalue weighted by Gasteiger charge is -2.27. The molecule has 0 aliphatic heterocycles. The molecule has 0 spiro atoms. The van der Waals surface area contributed by atoms with Crippen LogP contribution in [-0.4, -0.2) is 9.13 Å². The summed E-state index contributed by atoms with van der Waals surface area (Å²) in [5.74, 6) is 0. The van der Waals surface area contributed by atoms with Gasteiger partial charge in [-0.1, -0.05) is 170 Å². The van der Waals surface area contributed by atoms with Gasteiger partial charge in [-0.25, -0.2) is 0 Å². The van der Waals surface area contributed by atoms with E-state index < -0.39 is 0 Å². The molecule has 296 valence electrons. The summed E-state index contributed by atoms with van der Waals surface area (Å²) in [5.41, 5.74) is 17.4. The van der Waals surface area contributed by atoms with E-state index in [-0.39, 0.29) is 0 Å². The Balaban J connectivity index is 1.06. The van der Waals surface area contributed by atoms with Crippen LogP contribution in [0.3, 0.4) is 0 Å².